The minimum atomic E-state index is -0.705. The molecule has 2 atom stereocenters. The highest BCUT2D eigenvalue weighted by Gasteiger charge is 2.27. The molecule has 0 aromatic rings. The summed E-state index contributed by atoms with van der Waals surface area (Å²) in [6, 6.07) is -0.286. The number of aliphatic carboxylic acids is 1. The van der Waals surface area contributed by atoms with E-state index in [1.54, 1.807) is 0 Å². The lowest BCUT2D eigenvalue weighted by molar-refractivity contribution is -0.139. The number of hydrogen-bond acceptors (Lipinski definition) is 2. The summed E-state index contributed by atoms with van der Waals surface area (Å²) >= 11 is 0. The molecule has 12 heavy (non-hydrogen) atoms. The van der Waals surface area contributed by atoms with Crippen LogP contribution in [0.2, 0.25) is 0 Å². The number of rotatable bonds is 3. The van der Waals surface area contributed by atoms with Crippen molar-refractivity contribution in [3.8, 4) is 0 Å². The third-order valence-electron chi connectivity index (χ3n) is 2.22. The summed E-state index contributed by atoms with van der Waals surface area (Å²) in [5, 5.41) is 11.6. The number of halogens is 1. The first kappa shape index (κ1) is 11.7. The molecule has 1 aliphatic rings. The zero-order valence-corrected chi connectivity index (χ0v) is 8.06. The quantitative estimate of drug-likeness (QED) is 0.710. The van der Waals surface area contributed by atoms with Crippen LogP contribution in [0.3, 0.4) is 0 Å². The SMILES string of the molecule is CCC[C@H]1CN[C@@H](C(=O)O)C1.Cl. The number of hydrogen-bond donors (Lipinski definition) is 2. The fourth-order valence-corrected chi connectivity index (χ4v) is 1.63. The van der Waals surface area contributed by atoms with Gasteiger partial charge in [0.2, 0.25) is 0 Å². The second-order valence-corrected chi connectivity index (χ2v) is 3.19. The fourth-order valence-electron chi connectivity index (χ4n) is 1.63. The van der Waals surface area contributed by atoms with Gasteiger partial charge in [0.15, 0.2) is 0 Å². The number of carboxylic acids is 1. The Morgan fingerprint density at radius 2 is 2.33 bits per heavy atom. The van der Waals surface area contributed by atoms with Crippen molar-refractivity contribution in [2.75, 3.05) is 6.54 Å². The van der Waals surface area contributed by atoms with E-state index in [4.69, 9.17) is 5.11 Å². The van der Waals surface area contributed by atoms with E-state index in [2.05, 4.69) is 12.2 Å². The average Bonchev–Trinajstić information content (AvgIpc) is 2.37. The predicted octanol–water partition coefficient (Wildman–Crippen LogP) is 1.27. The Balaban J connectivity index is 0.00000121. The second kappa shape index (κ2) is 5.38. The summed E-state index contributed by atoms with van der Waals surface area (Å²) in [7, 11) is 0. The van der Waals surface area contributed by atoms with Crippen LogP contribution >= 0.6 is 12.4 Å². The highest BCUT2D eigenvalue weighted by Crippen LogP contribution is 2.18. The van der Waals surface area contributed by atoms with Gasteiger partial charge in [-0.25, -0.2) is 0 Å². The molecular weight excluding hydrogens is 178 g/mol. The fraction of sp³-hybridized carbons (Fsp3) is 0.875. The maximum Gasteiger partial charge on any atom is 0.320 e. The summed E-state index contributed by atoms with van der Waals surface area (Å²) in [6.07, 6.45) is 3.11. The highest BCUT2D eigenvalue weighted by atomic mass is 35.5. The van der Waals surface area contributed by atoms with Crippen molar-refractivity contribution in [3.05, 3.63) is 0 Å². The van der Waals surface area contributed by atoms with Gasteiger partial charge in [0.25, 0.3) is 0 Å². The van der Waals surface area contributed by atoms with E-state index < -0.39 is 5.97 Å². The zero-order chi connectivity index (χ0) is 8.27. The first-order valence-electron chi connectivity index (χ1n) is 4.20. The van der Waals surface area contributed by atoms with Gasteiger partial charge in [-0.05, 0) is 25.3 Å². The molecule has 2 N–H and O–H groups in total. The lowest BCUT2D eigenvalue weighted by atomic mass is 10.0. The lowest BCUT2D eigenvalue weighted by Gasteiger charge is -2.04. The van der Waals surface area contributed by atoms with Crippen molar-refractivity contribution >= 4 is 18.4 Å². The first-order valence-corrected chi connectivity index (χ1v) is 4.20. The van der Waals surface area contributed by atoms with Gasteiger partial charge in [0, 0.05) is 0 Å². The molecule has 1 heterocycles. The molecule has 72 valence electrons. The molecule has 3 nitrogen and oxygen atoms in total. The summed E-state index contributed by atoms with van der Waals surface area (Å²) in [5.41, 5.74) is 0. The monoisotopic (exact) mass is 193 g/mol. The molecule has 0 aliphatic carbocycles. The molecule has 1 aliphatic heterocycles. The zero-order valence-electron chi connectivity index (χ0n) is 7.25. The van der Waals surface area contributed by atoms with Crippen LogP contribution in [-0.4, -0.2) is 23.7 Å². The van der Waals surface area contributed by atoms with Crippen molar-refractivity contribution in [1.82, 2.24) is 5.32 Å². The molecule has 4 heteroatoms. The summed E-state index contributed by atoms with van der Waals surface area (Å²) in [4.78, 5) is 10.5. The molecule has 0 bridgehead atoms. The van der Waals surface area contributed by atoms with Gasteiger partial charge in [0.1, 0.15) is 6.04 Å². The van der Waals surface area contributed by atoms with Gasteiger partial charge in [-0.2, -0.15) is 0 Å². The summed E-state index contributed by atoms with van der Waals surface area (Å²) in [6.45, 7) is 3.01. The molecule has 0 amide bonds. The van der Waals surface area contributed by atoms with Crippen LogP contribution in [-0.2, 0) is 4.79 Å². The second-order valence-electron chi connectivity index (χ2n) is 3.19. The van der Waals surface area contributed by atoms with Crippen LogP contribution < -0.4 is 5.32 Å². The maximum atomic E-state index is 10.5. The van der Waals surface area contributed by atoms with Crippen molar-refractivity contribution in [2.45, 2.75) is 32.2 Å². The molecule has 1 fully saturated rings. The van der Waals surface area contributed by atoms with Gasteiger partial charge in [-0.1, -0.05) is 13.3 Å². The summed E-state index contributed by atoms with van der Waals surface area (Å²) in [5.74, 6) is -0.121. The van der Waals surface area contributed by atoms with Crippen LogP contribution in [0.4, 0.5) is 0 Å². The van der Waals surface area contributed by atoms with Crippen molar-refractivity contribution < 1.29 is 9.90 Å². The standard InChI is InChI=1S/C8H15NO2.ClH/c1-2-3-6-4-7(8(10)11)9-5-6;/h6-7,9H,2-5H2,1H3,(H,10,11);1H/t6-,7-;/m1./s1. The van der Waals surface area contributed by atoms with Crippen LogP contribution in [0.25, 0.3) is 0 Å². The van der Waals surface area contributed by atoms with E-state index in [0.29, 0.717) is 5.92 Å². The van der Waals surface area contributed by atoms with Crippen LogP contribution in [0.1, 0.15) is 26.2 Å². The lowest BCUT2D eigenvalue weighted by Crippen LogP contribution is -2.29. The Bertz CT molecular complexity index is 152. The highest BCUT2D eigenvalue weighted by molar-refractivity contribution is 5.85. The normalized spacial score (nSPS) is 28.1. The Labute approximate surface area is 78.9 Å². The van der Waals surface area contributed by atoms with E-state index in [-0.39, 0.29) is 18.4 Å². The molecule has 0 aromatic carbocycles. The van der Waals surface area contributed by atoms with E-state index in [9.17, 15) is 4.79 Å². The molecule has 0 radical (unpaired) electrons. The van der Waals surface area contributed by atoms with Crippen molar-refractivity contribution in [2.24, 2.45) is 5.92 Å². The van der Waals surface area contributed by atoms with Gasteiger partial charge in [-0.3, -0.25) is 4.79 Å². The molecule has 0 saturated carbocycles. The smallest absolute Gasteiger partial charge is 0.320 e. The number of nitrogens with one attached hydrogen (secondary N) is 1. The molecule has 0 unspecified atom stereocenters. The Morgan fingerprint density at radius 3 is 2.75 bits per heavy atom. The van der Waals surface area contributed by atoms with Crippen LogP contribution in [0, 0.1) is 5.92 Å². The van der Waals surface area contributed by atoms with Gasteiger partial charge >= 0.3 is 5.97 Å². The van der Waals surface area contributed by atoms with Crippen LogP contribution in [0.5, 0.6) is 0 Å². The van der Waals surface area contributed by atoms with Gasteiger partial charge < -0.3 is 10.4 Å². The van der Waals surface area contributed by atoms with Crippen molar-refractivity contribution in [3.63, 3.8) is 0 Å². The minimum Gasteiger partial charge on any atom is -0.480 e. The third-order valence-corrected chi connectivity index (χ3v) is 2.22. The predicted molar refractivity (Wildman–Crippen MR) is 49.7 cm³/mol. The van der Waals surface area contributed by atoms with E-state index >= 15 is 0 Å². The molecule has 0 aromatic heterocycles. The van der Waals surface area contributed by atoms with Crippen LogP contribution in [0.15, 0.2) is 0 Å². The Morgan fingerprint density at radius 1 is 1.67 bits per heavy atom. The topological polar surface area (TPSA) is 49.3 Å². The minimum absolute atomic E-state index is 0. The first-order chi connectivity index (χ1) is 5.24. The van der Waals surface area contributed by atoms with E-state index in [0.717, 1.165) is 25.8 Å². The summed E-state index contributed by atoms with van der Waals surface area (Å²) < 4.78 is 0. The maximum absolute atomic E-state index is 10.5. The van der Waals surface area contributed by atoms with Gasteiger partial charge in [0.05, 0.1) is 0 Å². The number of carbonyl (C=O) groups is 1. The number of carboxylic acid groups (broad SMARTS) is 1. The Kier molecular flexibility index (Phi) is 5.25. The van der Waals surface area contributed by atoms with E-state index in [1.165, 1.54) is 0 Å². The van der Waals surface area contributed by atoms with E-state index in [1.807, 2.05) is 0 Å². The van der Waals surface area contributed by atoms with Crippen molar-refractivity contribution in [1.29, 1.82) is 0 Å². The largest absolute Gasteiger partial charge is 0.480 e. The molecule has 0 spiro atoms. The molecule has 1 saturated heterocycles. The Hall–Kier alpha value is -0.280. The van der Waals surface area contributed by atoms with Gasteiger partial charge in [-0.15, -0.1) is 12.4 Å². The molecule has 1 rings (SSSR count). The third kappa shape index (κ3) is 2.99. The average molecular weight is 194 g/mol. The molecular formula is C8H16ClNO2.